The molecule has 0 saturated carbocycles. The lowest BCUT2D eigenvalue weighted by Gasteiger charge is -2.35. The number of nitrogens with zero attached hydrogens (tertiary/aromatic N) is 4. The number of hydrogen-bond acceptors (Lipinski definition) is 9. The fourth-order valence-electron chi connectivity index (χ4n) is 3.95. The minimum atomic E-state index is -0.357. The summed E-state index contributed by atoms with van der Waals surface area (Å²) in [6.45, 7) is 18.3. The van der Waals surface area contributed by atoms with Crippen LogP contribution in [-0.2, 0) is 0 Å². The van der Waals surface area contributed by atoms with Crippen molar-refractivity contribution in [1.82, 2.24) is 15.2 Å². The maximum atomic E-state index is 9.98. The van der Waals surface area contributed by atoms with Gasteiger partial charge in [-0.1, -0.05) is 55.8 Å². The van der Waals surface area contributed by atoms with E-state index < -0.39 is 0 Å². The van der Waals surface area contributed by atoms with E-state index in [1.165, 1.54) is 11.8 Å². The molecule has 38 heavy (non-hydrogen) atoms. The second-order valence-corrected chi connectivity index (χ2v) is 9.82. The first-order chi connectivity index (χ1) is 18.3. The van der Waals surface area contributed by atoms with E-state index >= 15 is 0 Å². The number of nitrogen functional groups attached to an aromatic ring is 1. The number of aromatic nitrogens is 1. The smallest absolute Gasteiger partial charge is 0.234 e. The van der Waals surface area contributed by atoms with Crippen molar-refractivity contribution in [2.75, 3.05) is 32.0 Å². The first-order valence-corrected chi connectivity index (χ1v) is 13.3. The third-order valence-corrected chi connectivity index (χ3v) is 7.28. The monoisotopic (exact) mass is 531 g/mol. The van der Waals surface area contributed by atoms with Crippen molar-refractivity contribution in [3.8, 4) is 18.0 Å². The first kappa shape index (κ1) is 30.3. The molecule has 0 bridgehead atoms. The Bertz CT molecular complexity index is 1190. The molecule has 200 valence electrons. The number of nitrogens with two attached hydrogens (primary N) is 2. The molecule has 1 aromatic rings. The number of ether oxygens (including phenoxy) is 1. The fourth-order valence-corrected chi connectivity index (χ4v) is 4.85. The van der Waals surface area contributed by atoms with Crippen LogP contribution in [0.2, 0.25) is 0 Å². The normalized spacial score (nSPS) is 15.9. The average Bonchev–Trinajstić information content (AvgIpc) is 2.92. The molecule has 1 fully saturated rings. The van der Waals surface area contributed by atoms with Gasteiger partial charge in [0.15, 0.2) is 0 Å². The molecule has 1 aromatic heterocycles. The van der Waals surface area contributed by atoms with E-state index in [1.807, 2.05) is 32.1 Å². The predicted octanol–water partition coefficient (Wildman–Crippen LogP) is 4.83. The van der Waals surface area contributed by atoms with Gasteiger partial charge in [-0.2, -0.15) is 10.5 Å². The molecule has 1 aliphatic heterocycles. The highest BCUT2D eigenvalue weighted by Crippen LogP contribution is 2.33. The lowest BCUT2D eigenvalue weighted by molar-refractivity contribution is 0.175. The number of hydrogen-bond donors (Lipinski definition) is 3. The lowest BCUT2D eigenvalue weighted by atomic mass is 9.95. The van der Waals surface area contributed by atoms with Crippen molar-refractivity contribution < 1.29 is 4.74 Å². The number of nitrogens with one attached hydrogen (secondary N) is 1. The molecule has 0 aliphatic carbocycles. The Kier molecular flexibility index (Phi) is 12.2. The molecule has 1 unspecified atom stereocenters. The van der Waals surface area contributed by atoms with Crippen LogP contribution in [-0.4, -0.2) is 42.2 Å². The number of allylic oxidation sites excluding steroid dienone is 5. The van der Waals surface area contributed by atoms with Gasteiger partial charge in [-0.3, -0.25) is 4.90 Å². The van der Waals surface area contributed by atoms with Crippen molar-refractivity contribution in [1.29, 1.82) is 10.5 Å². The van der Waals surface area contributed by atoms with Gasteiger partial charge in [-0.15, -0.1) is 0 Å². The van der Waals surface area contributed by atoms with Crippen molar-refractivity contribution in [3.05, 3.63) is 82.9 Å². The molecule has 1 aliphatic rings. The number of likely N-dealkylation sites (tertiary alicyclic amines) is 1. The second kappa shape index (κ2) is 15.4. The molecule has 5 N–H and O–H groups in total. The molecule has 0 amide bonds. The van der Waals surface area contributed by atoms with Crippen LogP contribution in [0.1, 0.15) is 37.9 Å². The topological polar surface area (TPSA) is 137 Å². The van der Waals surface area contributed by atoms with Crippen molar-refractivity contribution in [2.24, 2.45) is 11.7 Å². The van der Waals surface area contributed by atoms with Gasteiger partial charge in [0.1, 0.15) is 17.7 Å². The van der Waals surface area contributed by atoms with E-state index in [9.17, 15) is 10.5 Å². The van der Waals surface area contributed by atoms with Gasteiger partial charge in [-0.05, 0) is 44.7 Å². The van der Waals surface area contributed by atoms with Crippen LogP contribution in [0.4, 0.5) is 5.69 Å². The quantitative estimate of drug-likeness (QED) is 0.305. The Morgan fingerprint density at radius 2 is 2.05 bits per heavy atom. The number of piperidine rings is 1. The highest BCUT2D eigenvalue weighted by molar-refractivity contribution is 8.07. The summed E-state index contributed by atoms with van der Waals surface area (Å²) in [4.78, 5) is 8.25. The zero-order chi connectivity index (χ0) is 28.1. The van der Waals surface area contributed by atoms with E-state index in [2.05, 4.69) is 41.0 Å². The van der Waals surface area contributed by atoms with Gasteiger partial charge >= 0.3 is 0 Å². The zero-order valence-electron chi connectivity index (χ0n) is 22.2. The molecule has 8 nitrogen and oxygen atoms in total. The first-order valence-electron chi connectivity index (χ1n) is 12.5. The summed E-state index contributed by atoms with van der Waals surface area (Å²) in [7, 11) is 0. The third kappa shape index (κ3) is 8.31. The van der Waals surface area contributed by atoms with E-state index in [0.717, 1.165) is 37.4 Å². The molecule has 0 spiro atoms. The summed E-state index contributed by atoms with van der Waals surface area (Å²) in [6.07, 6.45) is 10.9. The summed E-state index contributed by atoms with van der Waals surface area (Å²) in [5, 5.41) is 22.7. The van der Waals surface area contributed by atoms with Crippen molar-refractivity contribution >= 4 is 23.1 Å². The molecule has 9 heteroatoms. The molecule has 1 saturated heterocycles. The highest BCUT2D eigenvalue weighted by Gasteiger charge is 2.28. The van der Waals surface area contributed by atoms with Gasteiger partial charge in [-0.25, -0.2) is 4.98 Å². The van der Waals surface area contributed by atoms with Gasteiger partial charge < -0.3 is 21.5 Å². The Morgan fingerprint density at radius 3 is 2.63 bits per heavy atom. The molecular weight excluding hydrogens is 494 g/mol. The van der Waals surface area contributed by atoms with E-state index in [4.69, 9.17) is 16.2 Å². The third-order valence-electron chi connectivity index (χ3n) is 6.10. The summed E-state index contributed by atoms with van der Waals surface area (Å²) in [6, 6.07) is 5.78. The standard InChI is InChI=1S/C29H37N7OS/c1-6-9-10-11-24(32)21(5)38-28(7-2)27(18-31)36-14-12-22(13-15-36)19-34-20(4)26-16-25(33)23(17-30)29(35-26)37-8-3/h6-7,9-11,16,22,27,34H,1,4-5,8,12-15,19,32H2,2-3H3,(H2,33,35)/b10-9-,24-11-,28-7-. The predicted molar refractivity (Wildman–Crippen MR) is 157 cm³/mol. The van der Waals surface area contributed by atoms with Gasteiger partial charge in [0.2, 0.25) is 5.88 Å². The molecule has 0 aromatic carbocycles. The SMILES string of the molecule is C=C/C=C\C=C(/N)C(=C)S/C(=C\C)C(C#N)N1CCC(CNC(=C)c2cc(N)c(C#N)c(OCC)n2)CC1. The van der Waals surface area contributed by atoms with E-state index in [0.29, 0.717) is 40.2 Å². The number of rotatable bonds is 13. The molecule has 2 heterocycles. The van der Waals surface area contributed by atoms with Crippen LogP contribution in [0.15, 0.2) is 71.7 Å². The number of pyridine rings is 1. The molecule has 1 atom stereocenters. The van der Waals surface area contributed by atoms with Gasteiger partial charge in [0.05, 0.1) is 29.8 Å². The lowest BCUT2D eigenvalue weighted by Crippen LogP contribution is -2.43. The van der Waals surface area contributed by atoms with Crippen molar-refractivity contribution in [3.63, 3.8) is 0 Å². The molecule has 2 rings (SSSR count). The largest absolute Gasteiger partial charge is 0.477 e. The highest BCUT2D eigenvalue weighted by atomic mass is 32.2. The number of nitriles is 2. The number of thioether (sulfide) groups is 1. The maximum Gasteiger partial charge on any atom is 0.234 e. The van der Waals surface area contributed by atoms with Crippen LogP contribution in [0.5, 0.6) is 5.88 Å². The minimum Gasteiger partial charge on any atom is -0.477 e. The summed E-state index contributed by atoms with van der Waals surface area (Å²) >= 11 is 1.44. The average molecular weight is 532 g/mol. The molecular formula is C29H37N7OS. The fraction of sp³-hybridized carbons (Fsp3) is 0.345. The van der Waals surface area contributed by atoms with Crippen molar-refractivity contribution in [2.45, 2.75) is 32.7 Å². The Hall–Kier alpha value is -3.92. The Labute approximate surface area is 230 Å². The minimum absolute atomic E-state index is 0.217. The van der Waals surface area contributed by atoms with Crippen LogP contribution in [0.25, 0.3) is 5.70 Å². The second-order valence-electron chi connectivity index (χ2n) is 8.65. The van der Waals surface area contributed by atoms with Crippen LogP contribution in [0, 0.1) is 28.6 Å². The summed E-state index contributed by atoms with van der Waals surface area (Å²) < 4.78 is 5.48. The molecule has 0 radical (unpaired) electrons. The maximum absolute atomic E-state index is 9.98. The Morgan fingerprint density at radius 1 is 1.34 bits per heavy atom. The van der Waals surface area contributed by atoms with Gasteiger partial charge in [0, 0.05) is 35.1 Å². The summed E-state index contributed by atoms with van der Waals surface area (Å²) in [5.41, 5.74) is 14.4. The number of anilines is 1. The Balaban J connectivity index is 1.95. The van der Waals surface area contributed by atoms with Crippen LogP contribution in [0.3, 0.4) is 0 Å². The van der Waals surface area contributed by atoms with Gasteiger partial charge in [0.25, 0.3) is 0 Å². The van der Waals surface area contributed by atoms with Crippen LogP contribution >= 0.6 is 11.8 Å². The van der Waals surface area contributed by atoms with E-state index in [-0.39, 0.29) is 17.5 Å². The summed E-state index contributed by atoms with van der Waals surface area (Å²) in [5.74, 6) is 0.631. The zero-order valence-corrected chi connectivity index (χ0v) is 23.1. The van der Waals surface area contributed by atoms with Crippen LogP contribution < -0.4 is 21.5 Å². The van der Waals surface area contributed by atoms with E-state index in [1.54, 1.807) is 24.3 Å².